The summed E-state index contributed by atoms with van der Waals surface area (Å²) in [6.45, 7) is 0.592. The van der Waals surface area contributed by atoms with Crippen LogP contribution < -0.4 is 10.1 Å². The number of aryl methyl sites for hydroxylation is 1. The number of nitrogens with one attached hydrogen (secondary N) is 1. The molecule has 0 radical (unpaired) electrons. The summed E-state index contributed by atoms with van der Waals surface area (Å²) in [5.74, 6) is 1.49. The third-order valence-electron chi connectivity index (χ3n) is 3.16. The lowest BCUT2D eigenvalue weighted by molar-refractivity contribution is -0.116. The minimum atomic E-state index is 0.0584. The van der Waals surface area contributed by atoms with E-state index in [1.54, 1.807) is 7.11 Å². The molecule has 2 heterocycles. The molecule has 0 spiro atoms. The van der Waals surface area contributed by atoms with E-state index in [1.807, 2.05) is 18.2 Å². The molecule has 21 heavy (non-hydrogen) atoms. The quantitative estimate of drug-likeness (QED) is 0.918. The average molecular weight is 305 g/mol. The van der Waals surface area contributed by atoms with Crippen molar-refractivity contribution in [2.45, 2.75) is 19.3 Å². The molecule has 110 valence electrons. The zero-order chi connectivity index (χ0) is 14.7. The van der Waals surface area contributed by atoms with Gasteiger partial charge in [0.1, 0.15) is 11.6 Å². The minimum absolute atomic E-state index is 0.0584. The maximum absolute atomic E-state index is 11.3. The van der Waals surface area contributed by atoms with E-state index in [1.165, 1.54) is 11.5 Å². The second-order valence-electron chi connectivity index (χ2n) is 4.69. The van der Waals surface area contributed by atoms with Gasteiger partial charge < -0.3 is 14.8 Å². The van der Waals surface area contributed by atoms with E-state index in [0.717, 1.165) is 23.5 Å². The number of fused-ring (bicyclic) bond motifs is 1. The van der Waals surface area contributed by atoms with Crippen LogP contribution in [-0.2, 0) is 22.4 Å². The molecule has 0 saturated heterocycles. The number of carbonyl (C=O) groups is 1. The summed E-state index contributed by atoms with van der Waals surface area (Å²) < 4.78 is 14.9. The molecule has 1 aromatic carbocycles. The van der Waals surface area contributed by atoms with Crippen molar-refractivity contribution >= 4 is 23.1 Å². The third kappa shape index (κ3) is 3.37. The molecule has 3 rings (SSSR count). The van der Waals surface area contributed by atoms with Gasteiger partial charge in [0.05, 0.1) is 6.61 Å². The predicted octanol–water partition coefficient (Wildman–Crippen LogP) is 2.40. The Morgan fingerprint density at radius 1 is 1.38 bits per heavy atom. The molecule has 0 atom stereocenters. The van der Waals surface area contributed by atoms with Crippen molar-refractivity contribution in [2.24, 2.45) is 0 Å². The first-order valence-electron chi connectivity index (χ1n) is 6.67. The molecule has 1 amide bonds. The average Bonchev–Trinajstić information content (AvgIpc) is 2.93. The number of benzene rings is 1. The van der Waals surface area contributed by atoms with Gasteiger partial charge in [-0.2, -0.15) is 9.36 Å². The van der Waals surface area contributed by atoms with E-state index >= 15 is 0 Å². The summed E-state index contributed by atoms with van der Waals surface area (Å²) in [5, 5.41) is 3.36. The van der Waals surface area contributed by atoms with E-state index in [2.05, 4.69) is 14.7 Å². The van der Waals surface area contributed by atoms with Gasteiger partial charge in [-0.3, -0.25) is 4.79 Å². The number of nitrogens with zero attached hydrogens (tertiary/aromatic N) is 2. The van der Waals surface area contributed by atoms with Crippen LogP contribution >= 0.6 is 11.5 Å². The highest BCUT2D eigenvalue weighted by Gasteiger charge is 2.15. The van der Waals surface area contributed by atoms with Crippen molar-refractivity contribution in [2.75, 3.05) is 19.0 Å². The number of anilines is 1. The first-order chi connectivity index (χ1) is 10.2. The van der Waals surface area contributed by atoms with Crippen LogP contribution in [0.3, 0.4) is 0 Å². The van der Waals surface area contributed by atoms with Gasteiger partial charge in [-0.1, -0.05) is 0 Å². The van der Waals surface area contributed by atoms with E-state index in [0.29, 0.717) is 30.4 Å². The second-order valence-corrected chi connectivity index (χ2v) is 5.40. The van der Waals surface area contributed by atoms with Crippen molar-refractivity contribution in [1.29, 1.82) is 0 Å². The van der Waals surface area contributed by atoms with Crippen molar-refractivity contribution in [1.82, 2.24) is 9.36 Å². The summed E-state index contributed by atoms with van der Waals surface area (Å²) in [6.07, 6.45) is 1.91. The fourth-order valence-electron chi connectivity index (χ4n) is 2.10. The summed E-state index contributed by atoms with van der Waals surface area (Å²) in [5.41, 5.74) is 1.94. The standard InChI is InChI=1S/C14H15N3O3S/c1-19-7-6-12-16-14(21-17-12)20-10-3-4-11-9(8-10)2-5-13(18)15-11/h3-4,8H,2,5-7H2,1H3,(H,15,18). The van der Waals surface area contributed by atoms with Crippen LogP contribution in [0.5, 0.6) is 10.9 Å². The summed E-state index contributed by atoms with van der Waals surface area (Å²) in [4.78, 5) is 15.6. The highest BCUT2D eigenvalue weighted by Crippen LogP contribution is 2.30. The fraction of sp³-hybridized carbons (Fsp3) is 0.357. The van der Waals surface area contributed by atoms with Crippen molar-refractivity contribution in [3.63, 3.8) is 0 Å². The maximum atomic E-state index is 11.3. The Kier molecular flexibility index (Phi) is 4.12. The lowest BCUT2D eigenvalue weighted by Crippen LogP contribution is -2.18. The van der Waals surface area contributed by atoms with E-state index in [-0.39, 0.29) is 5.91 Å². The van der Waals surface area contributed by atoms with Crippen molar-refractivity contribution in [3.8, 4) is 10.9 Å². The van der Waals surface area contributed by atoms with E-state index in [4.69, 9.17) is 9.47 Å². The zero-order valence-electron chi connectivity index (χ0n) is 11.6. The van der Waals surface area contributed by atoms with Crippen LogP contribution in [0, 0.1) is 0 Å². The van der Waals surface area contributed by atoms with Gasteiger partial charge >= 0.3 is 0 Å². The first-order valence-corrected chi connectivity index (χ1v) is 7.44. The Labute approximate surface area is 126 Å². The van der Waals surface area contributed by atoms with Crippen LogP contribution in [-0.4, -0.2) is 29.0 Å². The summed E-state index contributed by atoms with van der Waals surface area (Å²) in [7, 11) is 1.65. The van der Waals surface area contributed by atoms with Gasteiger partial charge in [-0.25, -0.2) is 0 Å². The van der Waals surface area contributed by atoms with Gasteiger partial charge in [0.2, 0.25) is 5.91 Å². The Balaban J connectivity index is 1.70. The number of rotatable bonds is 5. The Hall–Kier alpha value is -1.99. The first kappa shape index (κ1) is 14.0. The van der Waals surface area contributed by atoms with Gasteiger partial charge in [0.15, 0.2) is 0 Å². The molecule has 7 heteroatoms. The lowest BCUT2D eigenvalue weighted by atomic mass is 10.0. The van der Waals surface area contributed by atoms with Gasteiger partial charge in [0.25, 0.3) is 5.19 Å². The summed E-state index contributed by atoms with van der Waals surface area (Å²) in [6, 6.07) is 5.61. The molecule has 0 bridgehead atoms. The van der Waals surface area contributed by atoms with Gasteiger partial charge in [0, 0.05) is 37.2 Å². The Morgan fingerprint density at radius 2 is 2.29 bits per heavy atom. The maximum Gasteiger partial charge on any atom is 0.298 e. The van der Waals surface area contributed by atoms with Crippen LogP contribution in [0.15, 0.2) is 18.2 Å². The molecule has 1 aromatic heterocycles. The number of hydrogen-bond acceptors (Lipinski definition) is 6. The molecule has 2 aromatic rings. The molecule has 0 aliphatic carbocycles. The monoisotopic (exact) mass is 305 g/mol. The molecular weight excluding hydrogens is 290 g/mol. The normalized spacial score (nSPS) is 13.7. The van der Waals surface area contributed by atoms with Crippen LogP contribution in [0.2, 0.25) is 0 Å². The number of carbonyl (C=O) groups excluding carboxylic acids is 1. The molecule has 6 nitrogen and oxygen atoms in total. The molecule has 1 N–H and O–H groups in total. The second kappa shape index (κ2) is 6.19. The smallest absolute Gasteiger partial charge is 0.298 e. The molecule has 1 aliphatic rings. The lowest BCUT2D eigenvalue weighted by Gasteiger charge is -2.17. The van der Waals surface area contributed by atoms with Crippen LogP contribution in [0.4, 0.5) is 5.69 Å². The molecule has 0 fully saturated rings. The third-order valence-corrected chi connectivity index (χ3v) is 3.79. The van der Waals surface area contributed by atoms with E-state index < -0.39 is 0 Å². The van der Waals surface area contributed by atoms with Crippen molar-refractivity contribution < 1.29 is 14.3 Å². The number of ether oxygens (including phenoxy) is 2. The number of amides is 1. The number of aromatic nitrogens is 2. The topological polar surface area (TPSA) is 73.3 Å². The molecular formula is C14H15N3O3S. The number of hydrogen-bond donors (Lipinski definition) is 1. The SMILES string of the molecule is COCCc1nsc(Oc2ccc3c(c2)CCC(=O)N3)n1. The van der Waals surface area contributed by atoms with Gasteiger partial charge in [-0.15, -0.1) is 0 Å². The number of methoxy groups -OCH3 is 1. The Bertz CT molecular complexity index is 657. The largest absolute Gasteiger partial charge is 0.430 e. The summed E-state index contributed by atoms with van der Waals surface area (Å²) >= 11 is 1.22. The van der Waals surface area contributed by atoms with Crippen LogP contribution in [0.25, 0.3) is 0 Å². The molecule has 0 unspecified atom stereocenters. The fourth-order valence-corrected chi connectivity index (χ4v) is 2.69. The van der Waals surface area contributed by atoms with E-state index in [9.17, 15) is 4.79 Å². The molecule has 1 aliphatic heterocycles. The highest BCUT2D eigenvalue weighted by molar-refractivity contribution is 7.07. The zero-order valence-corrected chi connectivity index (χ0v) is 12.4. The van der Waals surface area contributed by atoms with Crippen molar-refractivity contribution in [3.05, 3.63) is 29.6 Å². The highest BCUT2D eigenvalue weighted by atomic mass is 32.1. The molecule has 0 saturated carbocycles. The Morgan fingerprint density at radius 3 is 3.14 bits per heavy atom. The predicted molar refractivity (Wildman–Crippen MR) is 79.0 cm³/mol. The minimum Gasteiger partial charge on any atom is -0.430 e. The van der Waals surface area contributed by atoms with Gasteiger partial charge in [-0.05, 0) is 30.2 Å². The van der Waals surface area contributed by atoms with Crippen LogP contribution in [0.1, 0.15) is 17.8 Å².